The molecule has 1 atom stereocenters. The summed E-state index contributed by atoms with van der Waals surface area (Å²) in [6, 6.07) is 0. The molecular formula is C10H20N2S. The van der Waals surface area contributed by atoms with Gasteiger partial charge in [0.15, 0.2) is 0 Å². The molecular weight excluding hydrogens is 180 g/mol. The molecule has 1 aliphatic rings. The van der Waals surface area contributed by atoms with Crippen molar-refractivity contribution in [3.63, 3.8) is 0 Å². The molecule has 0 aliphatic carbocycles. The summed E-state index contributed by atoms with van der Waals surface area (Å²) in [7, 11) is 0. The molecule has 1 rings (SSSR count). The van der Waals surface area contributed by atoms with Crippen molar-refractivity contribution in [2.24, 2.45) is 11.7 Å². The van der Waals surface area contributed by atoms with Gasteiger partial charge in [0.2, 0.25) is 0 Å². The van der Waals surface area contributed by atoms with Crippen LogP contribution >= 0.6 is 12.2 Å². The monoisotopic (exact) mass is 200 g/mol. The minimum absolute atomic E-state index is 0.634. The van der Waals surface area contributed by atoms with Crippen molar-refractivity contribution in [3.8, 4) is 0 Å². The van der Waals surface area contributed by atoms with E-state index in [1.54, 1.807) is 0 Å². The number of nitrogens with two attached hydrogens (primary N) is 1. The predicted octanol–water partition coefficient (Wildman–Crippen LogP) is 1.78. The average molecular weight is 200 g/mol. The topological polar surface area (TPSA) is 29.3 Å². The zero-order valence-corrected chi connectivity index (χ0v) is 9.28. The zero-order valence-electron chi connectivity index (χ0n) is 8.46. The molecule has 0 aromatic rings. The van der Waals surface area contributed by atoms with Crippen molar-refractivity contribution < 1.29 is 0 Å². The van der Waals surface area contributed by atoms with Crippen LogP contribution < -0.4 is 5.73 Å². The molecule has 1 heterocycles. The van der Waals surface area contributed by atoms with E-state index >= 15 is 0 Å². The number of hydrogen-bond donors (Lipinski definition) is 1. The molecule has 0 amide bonds. The van der Waals surface area contributed by atoms with Gasteiger partial charge >= 0.3 is 0 Å². The molecule has 2 nitrogen and oxygen atoms in total. The van der Waals surface area contributed by atoms with Crippen LogP contribution in [0.2, 0.25) is 0 Å². The van der Waals surface area contributed by atoms with Crippen LogP contribution in [0.4, 0.5) is 0 Å². The molecule has 0 aromatic carbocycles. The van der Waals surface area contributed by atoms with Crippen molar-refractivity contribution in [2.45, 2.75) is 32.6 Å². The SMILES string of the molecule is CCC1CCCN(CC(N)=S)CC1. The van der Waals surface area contributed by atoms with Gasteiger partial charge in [-0.1, -0.05) is 25.6 Å². The van der Waals surface area contributed by atoms with Crippen molar-refractivity contribution in [1.82, 2.24) is 4.90 Å². The van der Waals surface area contributed by atoms with Crippen molar-refractivity contribution >= 4 is 17.2 Å². The molecule has 13 heavy (non-hydrogen) atoms. The van der Waals surface area contributed by atoms with Gasteiger partial charge in [-0.15, -0.1) is 0 Å². The fourth-order valence-electron chi connectivity index (χ4n) is 2.01. The van der Waals surface area contributed by atoms with Gasteiger partial charge in [0.05, 0.1) is 4.99 Å². The maximum absolute atomic E-state index is 5.53. The third kappa shape index (κ3) is 4.05. The molecule has 1 aliphatic heterocycles. The summed E-state index contributed by atoms with van der Waals surface area (Å²) >= 11 is 4.91. The first-order valence-corrected chi connectivity index (χ1v) is 5.64. The third-order valence-electron chi connectivity index (χ3n) is 2.90. The van der Waals surface area contributed by atoms with E-state index in [4.69, 9.17) is 18.0 Å². The lowest BCUT2D eigenvalue weighted by Crippen LogP contribution is -2.33. The van der Waals surface area contributed by atoms with Gasteiger partial charge in [-0.25, -0.2) is 0 Å². The molecule has 1 fully saturated rings. The number of likely N-dealkylation sites (tertiary alicyclic amines) is 1. The van der Waals surface area contributed by atoms with Crippen LogP contribution in [-0.4, -0.2) is 29.5 Å². The second-order valence-corrected chi connectivity index (χ2v) is 4.47. The van der Waals surface area contributed by atoms with Crippen molar-refractivity contribution in [2.75, 3.05) is 19.6 Å². The summed E-state index contributed by atoms with van der Waals surface area (Å²) in [6.07, 6.45) is 5.32. The summed E-state index contributed by atoms with van der Waals surface area (Å²) in [5.74, 6) is 0.927. The highest BCUT2D eigenvalue weighted by Gasteiger charge is 2.15. The Morgan fingerprint density at radius 2 is 2.23 bits per heavy atom. The van der Waals surface area contributed by atoms with E-state index in [2.05, 4.69) is 11.8 Å². The highest BCUT2D eigenvalue weighted by molar-refractivity contribution is 7.80. The van der Waals surface area contributed by atoms with Crippen LogP contribution in [-0.2, 0) is 0 Å². The smallest absolute Gasteiger partial charge is 0.0870 e. The summed E-state index contributed by atoms with van der Waals surface area (Å²) in [5, 5.41) is 0. The van der Waals surface area contributed by atoms with Crippen LogP contribution in [0.25, 0.3) is 0 Å². The van der Waals surface area contributed by atoms with Crippen LogP contribution in [0.3, 0.4) is 0 Å². The summed E-state index contributed by atoms with van der Waals surface area (Å²) in [6.45, 7) is 5.45. The number of hydrogen-bond acceptors (Lipinski definition) is 2. The van der Waals surface area contributed by atoms with E-state index in [-0.39, 0.29) is 0 Å². The second-order valence-electron chi connectivity index (χ2n) is 3.95. The van der Waals surface area contributed by atoms with E-state index in [1.807, 2.05) is 0 Å². The highest BCUT2D eigenvalue weighted by atomic mass is 32.1. The Morgan fingerprint density at radius 3 is 2.85 bits per heavy atom. The number of rotatable bonds is 3. The van der Waals surface area contributed by atoms with Crippen molar-refractivity contribution in [1.29, 1.82) is 0 Å². The van der Waals surface area contributed by atoms with Crippen LogP contribution in [0.15, 0.2) is 0 Å². The molecule has 2 N–H and O–H groups in total. The summed E-state index contributed by atoms with van der Waals surface area (Å²) in [5.41, 5.74) is 5.53. The maximum atomic E-state index is 5.53. The lowest BCUT2D eigenvalue weighted by atomic mass is 9.98. The van der Waals surface area contributed by atoms with Gasteiger partial charge in [0.25, 0.3) is 0 Å². The van der Waals surface area contributed by atoms with Gasteiger partial charge in [0.1, 0.15) is 0 Å². The van der Waals surface area contributed by atoms with Crippen LogP contribution in [0.1, 0.15) is 32.6 Å². The van der Waals surface area contributed by atoms with Gasteiger partial charge in [0, 0.05) is 6.54 Å². The van der Waals surface area contributed by atoms with Crippen molar-refractivity contribution in [3.05, 3.63) is 0 Å². The Bertz CT molecular complexity index is 170. The Hall–Kier alpha value is -0.150. The minimum atomic E-state index is 0.634. The Labute approximate surface area is 86.5 Å². The average Bonchev–Trinajstić information content (AvgIpc) is 2.29. The molecule has 1 unspecified atom stereocenters. The summed E-state index contributed by atoms with van der Waals surface area (Å²) in [4.78, 5) is 3.02. The Kier molecular flexibility index (Phi) is 4.67. The Morgan fingerprint density at radius 1 is 1.46 bits per heavy atom. The number of nitrogens with zero attached hydrogens (tertiary/aromatic N) is 1. The first-order valence-electron chi connectivity index (χ1n) is 5.23. The van der Waals surface area contributed by atoms with Gasteiger partial charge < -0.3 is 5.73 Å². The number of thiocarbonyl (C=S) groups is 1. The molecule has 3 heteroatoms. The highest BCUT2D eigenvalue weighted by Crippen LogP contribution is 2.19. The van der Waals surface area contributed by atoms with Crippen LogP contribution in [0, 0.1) is 5.92 Å². The maximum Gasteiger partial charge on any atom is 0.0870 e. The molecule has 0 radical (unpaired) electrons. The zero-order chi connectivity index (χ0) is 9.68. The Balaban J connectivity index is 2.31. The quantitative estimate of drug-likeness (QED) is 0.704. The normalized spacial score (nSPS) is 25.5. The molecule has 76 valence electrons. The first kappa shape index (κ1) is 10.9. The van der Waals surface area contributed by atoms with E-state index in [1.165, 1.54) is 38.8 Å². The second kappa shape index (κ2) is 5.55. The first-order chi connectivity index (χ1) is 6.22. The lowest BCUT2D eigenvalue weighted by molar-refractivity contribution is 0.318. The van der Waals surface area contributed by atoms with Gasteiger partial charge in [-0.05, 0) is 38.3 Å². The standard InChI is InChI=1S/C10H20N2S/c1-2-9-4-3-6-12(7-5-9)8-10(11)13/h9H,2-8H2,1H3,(H2,11,13). The fraction of sp³-hybridized carbons (Fsp3) is 0.900. The summed E-state index contributed by atoms with van der Waals surface area (Å²) < 4.78 is 0. The van der Waals surface area contributed by atoms with E-state index in [0.29, 0.717) is 4.99 Å². The molecule has 0 bridgehead atoms. The minimum Gasteiger partial charge on any atom is -0.392 e. The molecule has 0 saturated carbocycles. The van der Waals surface area contributed by atoms with Gasteiger partial charge in [-0.3, -0.25) is 4.90 Å². The lowest BCUT2D eigenvalue weighted by Gasteiger charge is -2.18. The van der Waals surface area contributed by atoms with Gasteiger partial charge in [-0.2, -0.15) is 0 Å². The van der Waals surface area contributed by atoms with E-state index in [9.17, 15) is 0 Å². The van der Waals surface area contributed by atoms with E-state index in [0.717, 1.165) is 12.5 Å². The molecule has 0 spiro atoms. The fourth-order valence-corrected chi connectivity index (χ4v) is 2.19. The van der Waals surface area contributed by atoms with Crippen LogP contribution in [0.5, 0.6) is 0 Å². The van der Waals surface area contributed by atoms with E-state index < -0.39 is 0 Å². The predicted molar refractivity (Wildman–Crippen MR) is 60.9 cm³/mol. The third-order valence-corrected chi connectivity index (χ3v) is 3.03. The largest absolute Gasteiger partial charge is 0.392 e. The molecule has 0 aromatic heterocycles. The molecule has 1 saturated heterocycles.